The van der Waals surface area contributed by atoms with Gasteiger partial charge < -0.3 is 10.2 Å². The number of carbonyl (C=O) groups is 2. The van der Waals surface area contributed by atoms with Crippen LogP contribution in [0.1, 0.15) is 52.4 Å². The number of ketones is 1. The zero-order chi connectivity index (χ0) is 21.1. The number of nitrogens with zero attached hydrogens (tertiary/aromatic N) is 2. The summed E-state index contributed by atoms with van der Waals surface area (Å²) in [5.41, 5.74) is 5.88. The first-order valence-electron chi connectivity index (χ1n) is 11.0. The van der Waals surface area contributed by atoms with Crippen molar-refractivity contribution >= 4 is 17.4 Å². The zero-order valence-electron chi connectivity index (χ0n) is 18.0. The fourth-order valence-corrected chi connectivity index (χ4v) is 4.46. The summed E-state index contributed by atoms with van der Waals surface area (Å²) in [7, 11) is 0. The number of anilines is 1. The Balaban J connectivity index is 1.26. The lowest BCUT2D eigenvalue weighted by molar-refractivity contribution is -0.119. The van der Waals surface area contributed by atoms with Gasteiger partial charge in [-0.15, -0.1) is 0 Å². The van der Waals surface area contributed by atoms with Crippen LogP contribution in [0.4, 0.5) is 5.69 Å². The van der Waals surface area contributed by atoms with Crippen molar-refractivity contribution in [2.45, 2.75) is 39.2 Å². The van der Waals surface area contributed by atoms with E-state index in [0.29, 0.717) is 12.8 Å². The summed E-state index contributed by atoms with van der Waals surface area (Å²) in [6, 6.07) is 14.4. The molecule has 0 bridgehead atoms. The van der Waals surface area contributed by atoms with E-state index in [1.807, 2.05) is 24.3 Å². The molecule has 1 N–H and O–H groups in total. The molecular weight excluding hydrogens is 374 g/mol. The van der Waals surface area contributed by atoms with Crippen LogP contribution in [-0.2, 0) is 4.79 Å². The molecule has 0 aliphatic carbocycles. The van der Waals surface area contributed by atoms with Crippen LogP contribution in [0.15, 0.2) is 42.5 Å². The monoisotopic (exact) mass is 405 g/mol. The van der Waals surface area contributed by atoms with Crippen molar-refractivity contribution in [1.82, 2.24) is 10.2 Å². The smallest absolute Gasteiger partial charge is 0.220 e. The van der Waals surface area contributed by atoms with Crippen molar-refractivity contribution in [2.75, 3.05) is 37.6 Å². The number of piperazine rings is 1. The van der Waals surface area contributed by atoms with Gasteiger partial charge in [0.25, 0.3) is 0 Å². The minimum Gasteiger partial charge on any atom is -0.369 e. The molecule has 0 spiro atoms. The van der Waals surface area contributed by atoms with Gasteiger partial charge in [0.2, 0.25) is 5.91 Å². The third-order valence-electron chi connectivity index (χ3n) is 6.57. The molecule has 0 aromatic heterocycles. The van der Waals surface area contributed by atoms with Crippen LogP contribution < -0.4 is 10.2 Å². The molecule has 5 nitrogen and oxygen atoms in total. The van der Waals surface area contributed by atoms with Gasteiger partial charge in [0.1, 0.15) is 0 Å². The van der Waals surface area contributed by atoms with Crippen LogP contribution in [0.25, 0.3) is 0 Å². The molecule has 2 heterocycles. The predicted octanol–water partition coefficient (Wildman–Crippen LogP) is 3.65. The summed E-state index contributed by atoms with van der Waals surface area (Å²) in [6.45, 7) is 9.14. The van der Waals surface area contributed by atoms with Gasteiger partial charge in [0.05, 0.1) is 6.04 Å². The van der Waals surface area contributed by atoms with Crippen molar-refractivity contribution in [3.63, 3.8) is 0 Å². The normalized spacial score (nSPS) is 19.7. The molecule has 158 valence electrons. The average Bonchev–Trinajstić information content (AvgIpc) is 3.21. The maximum Gasteiger partial charge on any atom is 0.220 e. The lowest BCUT2D eigenvalue weighted by Crippen LogP contribution is -2.47. The Kier molecular flexibility index (Phi) is 6.18. The van der Waals surface area contributed by atoms with E-state index in [0.717, 1.165) is 50.3 Å². The van der Waals surface area contributed by atoms with Gasteiger partial charge in [-0.2, -0.15) is 0 Å². The van der Waals surface area contributed by atoms with Gasteiger partial charge in [-0.1, -0.05) is 36.4 Å². The molecule has 1 amide bonds. The lowest BCUT2D eigenvalue weighted by Gasteiger charge is -2.37. The van der Waals surface area contributed by atoms with Gasteiger partial charge in [0.15, 0.2) is 5.78 Å². The molecule has 0 radical (unpaired) electrons. The lowest BCUT2D eigenvalue weighted by atomic mass is 10.0. The second-order valence-corrected chi connectivity index (χ2v) is 8.50. The van der Waals surface area contributed by atoms with Crippen LogP contribution in [0.2, 0.25) is 0 Å². The van der Waals surface area contributed by atoms with Crippen LogP contribution in [-0.4, -0.2) is 49.3 Å². The van der Waals surface area contributed by atoms with E-state index in [1.54, 1.807) is 0 Å². The van der Waals surface area contributed by atoms with E-state index < -0.39 is 0 Å². The summed E-state index contributed by atoms with van der Waals surface area (Å²) in [4.78, 5) is 28.9. The summed E-state index contributed by atoms with van der Waals surface area (Å²) < 4.78 is 0. The topological polar surface area (TPSA) is 52.7 Å². The molecule has 2 aromatic rings. The summed E-state index contributed by atoms with van der Waals surface area (Å²) >= 11 is 0. The molecule has 2 fully saturated rings. The third kappa shape index (κ3) is 4.57. The fraction of sp³-hybridized carbons (Fsp3) is 0.440. The fourth-order valence-electron chi connectivity index (χ4n) is 4.46. The number of hydrogen-bond acceptors (Lipinski definition) is 4. The van der Waals surface area contributed by atoms with Gasteiger partial charge in [0, 0.05) is 56.8 Å². The Morgan fingerprint density at radius 1 is 1.03 bits per heavy atom. The number of carbonyl (C=O) groups excluding carboxylic acids is 2. The highest BCUT2D eigenvalue weighted by Gasteiger charge is 2.23. The highest BCUT2D eigenvalue weighted by Crippen LogP contribution is 2.25. The Morgan fingerprint density at radius 3 is 2.43 bits per heavy atom. The number of rotatable bonds is 6. The van der Waals surface area contributed by atoms with E-state index in [4.69, 9.17) is 0 Å². The molecule has 2 saturated heterocycles. The minimum absolute atomic E-state index is 0.0926. The molecule has 2 aliphatic rings. The van der Waals surface area contributed by atoms with Crippen molar-refractivity contribution in [1.29, 1.82) is 0 Å². The number of amides is 1. The van der Waals surface area contributed by atoms with Crippen LogP contribution in [0.5, 0.6) is 0 Å². The first-order valence-corrected chi connectivity index (χ1v) is 11.0. The molecule has 30 heavy (non-hydrogen) atoms. The third-order valence-corrected chi connectivity index (χ3v) is 6.57. The summed E-state index contributed by atoms with van der Waals surface area (Å²) in [5.74, 6) is 0.298. The highest BCUT2D eigenvalue weighted by molar-refractivity contribution is 5.96. The number of hydrogen-bond donors (Lipinski definition) is 1. The van der Waals surface area contributed by atoms with Crippen molar-refractivity contribution in [3.8, 4) is 0 Å². The molecule has 1 unspecified atom stereocenters. The second kappa shape index (κ2) is 9.00. The van der Waals surface area contributed by atoms with Gasteiger partial charge >= 0.3 is 0 Å². The Hall–Kier alpha value is -2.66. The maximum atomic E-state index is 12.6. The van der Waals surface area contributed by atoms with E-state index >= 15 is 0 Å². The SMILES string of the molecule is Cc1cccc(N2CCN(CCC(=O)c3ccc(C4CCC(=O)N4)cc3)CC2)c1C. The van der Waals surface area contributed by atoms with E-state index in [-0.39, 0.29) is 17.7 Å². The van der Waals surface area contributed by atoms with Crippen LogP contribution in [0, 0.1) is 13.8 Å². The maximum absolute atomic E-state index is 12.6. The minimum atomic E-state index is 0.0926. The molecule has 1 atom stereocenters. The van der Waals surface area contributed by atoms with Crippen molar-refractivity contribution in [2.24, 2.45) is 0 Å². The molecule has 5 heteroatoms. The van der Waals surface area contributed by atoms with Crippen LogP contribution in [0.3, 0.4) is 0 Å². The predicted molar refractivity (Wildman–Crippen MR) is 120 cm³/mol. The summed E-state index contributed by atoms with van der Waals surface area (Å²) in [6.07, 6.45) is 1.96. The molecule has 2 aromatic carbocycles. The first-order chi connectivity index (χ1) is 14.5. The summed E-state index contributed by atoms with van der Waals surface area (Å²) in [5, 5.41) is 2.97. The quantitative estimate of drug-likeness (QED) is 0.746. The standard InChI is InChI=1S/C25H31N3O2/c1-18-4-3-5-23(19(18)2)28-16-14-27(15-17-28)13-12-24(29)21-8-6-20(7-9-21)22-10-11-25(30)26-22/h3-9,22H,10-17H2,1-2H3,(H,26,30). The largest absolute Gasteiger partial charge is 0.369 e. The van der Waals surface area contributed by atoms with Crippen LogP contribution >= 0.6 is 0 Å². The number of aryl methyl sites for hydroxylation is 1. The molecule has 2 aliphatic heterocycles. The van der Waals surface area contributed by atoms with E-state index in [2.05, 4.69) is 47.2 Å². The van der Waals surface area contributed by atoms with Gasteiger partial charge in [-0.25, -0.2) is 0 Å². The Bertz CT molecular complexity index is 914. The second-order valence-electron chi connectivity index (χ2n) is 8.50. The molecule has 4 rings (SSSR count). The van der Waals surface area contributed by atoms with Gasteiger partial charge in [-0.05, 0) is 43.0 Å². The van der Waals surface area contributed by atoms with Gasteiger partial charge in [-0.3, -0.25) is 14.5 Å². The number of benzene rings is 2. The van der Waals surface area contributed by atoms with E-state index in [9.17, 15) is 9.59 Å². The first kappa shape index (κ1) is 20.6. The molecular formula is C25H31N3O2. The average molecular weight is 406 g/mol. The Labute approximate surface area is 179 Å². The number of nitrogens with one attached hydrogen (secondary N) is 1. The molecule has 0 saturated carbocycles. The van der Waals surface area contributed by atoms with Crippen molar-refractivity contribution in [3.05, 3.63) is 64.7 Å². The number of Topliss-reactive ketones (excluding diaryl/α,β-unsaturated/α-hetero) is 1. The van der Waals surface area contributed by atoms with E-state index in [1.165, 1.54) is 16.8 Å². The Morgan fingerprint density at radius 2 is 1.77 bits per heavy atom. The highest BCUT2D eigenvalue weighted by atomic mass is 16.2. The van der Waals surface area contributed by atoms with Crippen molar-refractivity contribution < 1.29 is 9.59 Å². The zero-order valence-corrected chi connectivity index (χ0v) is 18.0.